The van der Waals surface area contributed by atoms with Gasteiger partial charge < -0.3 is 9.31 Å². The van der Waals surface area contributed by atoms with Crippen LogP contribution in [-0.2, 0) is 9.31 Å². The topological polar surface area (TPSA) is 62.1 Å². The summed E-state index contributed by atoms with van der Waals surface area (Å²) in [5.41, 5.74) is -1.97. The molecule has 110 valence electrons. The van der Waals surface area contributed by atoms with E-state index in [1.807, 2.05) is 27.7 Å². The molecule has 2 aromatic rings. The van der Waals surface area contributed by atoms with Crippen molar-refractivity contribution in [2.24, 2.45) is 0 Å². The van der Waals surface area contributed by atoms with E-state index in [4.69, 9.17) is 18.9 Å². The van der Waals surface area contributed by atoms with E-state index in [0.29, 0.717) is 0 Å². The Morgan fingerprint density at radius 2 is 1.95 bits per heavy atom. The van der Waals surface area contributed by atoms with Crippen LogP contribution >= 0.6 is 0 Å². The molecule has 21 heavy (non-hydrogen) atoms. The summed E-state index contributed by atoms with van der Waals surface area (Å²) in [5, 5.41) is 4.13. The van der Waals surface area contributed by atoms with Crippen LogP contribution in [0.5, 0.6) is 0 Å². The Balaban J connectivity index is 2.11. The fraction of sp³-hybridized carbons (Fsp3) is 0.500. The second-order valence-electron chi connectivity index (χ2n) is 5.74. The van der Waals surface area contributed by atoms with E-state index < -0.39 is 49.4 Å². The van der Waals surface area contributed by atoms with Crippen molar-refractivity contribution in [1.82, 2.24) is 19.7 Å². The van der Waals surface area contributed by atoms with Crippen molar-refractivity contribution >= 4 is 12.7 Å². The minimum atomic E-state index is -2.72. The summed E-state index contributed by atoms with van der Waals surface area (Å²) in [5.74, 6) is -0.358. The highest BCUT2D eigenvalue weighted by atomic mass is 16.7. The predicted molar refractivity (Wildman–Crippen MR) is 79.6 cm³/mol. The van der Waals surface area contributed by atoms with E-state index in [-0.39, 0.29) is 17.5 Å². The van der Waals surface area contributed by atoms with E-state index >= 15 is 0 Å². The van der Waals surface area contributed by atoms with Gasteiger partial charge >= 0.3 is 7.12 Å². The van der Waals surface area contributed by atoms with Crippen LogP contribution in [0.4, 0.5) is 0 Å². The first-order valence-corrected chi connectivity index (χ1v) is 6.43. The average molecular weight is 293 g/mol. The minimum absolute atomic E-state index is 0.00948. The molecule has 1 saturated heterocycles. The highest BCUT2D eigenvalue weighted by Crippen LogP contribution is 2.36. The lowest BCUT2D eigenvalue weighted by atomic mass is 9.85. The Bertz CT molecular complexity index is 929. The molecule has 3 heterocycles. The van der Waals surface area contributed by atoms with Gasteiger partial charge in [-0.15, -0.1) is 0 Å². The van der Waals surface area contributed by atoms with Crippen LogP contribution in [0, 0.1) is 6.85 Å². The lowest BCUT2D eigenvalue weighted by Gasteiger charge is -2.32. The molecule has 0 saturated carbocycles. The lowest BCUT2D eigenvalue weighted by molar-refractivity contribution is 0.00578. The second kappa shape index (κ2) is 4.64. The number of aromatic nitrogens is 4. The molecule has 0 aliphatic carbocycles. The molecular weight excluding hydrogens is 267 g/mol. The van der Waals surface area contributed by atoms with Crippen LogP contribution in [0.3, 0.4) is 0 Å². The standard InChI is InChI=1S/C14H19BN4O2/c1-10-8-16-9-12(17-10)19-7-6-11(18-19)15-20-13(2,3)14(4,5)21-15/h6-9H,1-5H3/i1D3,6D,7D,8D,9D. The van der Waals surface area contributed by atoms with Gasteiger partial charge in [0.1, 0.15) is 0 Å². The molecule has 0 spiro atoms. The normalized spacial score (nSPS) is 25.3. The van der Waals surface area contributed by atoms with E-state index in [9.17, 15) is 0 Å². The maximum atomic E-state index is 8.19. The quantitative estimate of drug-likeness (QED) is 0.780. The number of hydrogen-bond acceptors (Lipinski definition) is 5. The molecule has 1 fully saturated rings. The number of nitrogens with zero attached hydrogens (tertiary/aromatic N) is 4. The summed E-state index contributed by atoms with van der Waals surface area (Å²) >= 11 is 0. The van der Waals surface area contributed by atoms with Crippen LogP contribution in [-0.4, -0.2) is 38.1 Å². The third-order valence-corrected chi connectivity index (χ3v) is 3.71. The van der Waals surface area contributed by atoms with Crippen molar-refractivity contribution in [1.29, 1.82) is 0 Å². The smallest absolute Gasteiger partial charge is 0.398 e. The predicted octanol–water partition coefficient (Wildman–Crippen LogP) is 1.27. The minimum Gasteiger partial charge on any atom is -0.398 e. The Morgan fingerprint density at radius 1 is 1.24 bits per heavy atom. The Labute approximate surface area is 134 Å². The van der Waals surface area contributed by atoms with Crippen molar-refractivity contribution in [2.45, 2.75) is 45.7 Å². The molecular formula is C14H19BN4O2. The van der Waals surface area contributed by atoms with Gasteiger partial charge in [0.05, 0.1) is 34.1 Å². The van der Waals surface area contributed by atoms with Crippen molar-refractivity contribution in [2.75, 3.05) is 0 Å². The van der Waals surface area contributed by atoms with Gasteiger partial charge in [-0.25, -0.2) is 9.67 Å². The molecule has 0 aromatic carbocycles. The molecule has 0 amide bonds. The Kier molecular flexibility index (Phi) is 1.78. The monoisotopic (exact) mass is 293 g/mol. The van der Waals surface area contributed by atoms with Gasteiger partial charge in [0, 0.05) is 16.5 Å². The molecule has 1 aliphatic heterocycles. The van der Waals surface area contributed by atoms with Crippen LogP contribution in [0.1, 0.15) is 43.0 Å². The Hall–Kier alpha value is -1.73. The van der Waals surface area contributed by atoms with Gasteiger partial charge in [0.25, 0.3) is 0 Å². The van der Waals surface area contributed by atoms with E-state index in [0.717, 1.165) is 4.68 Å². The van der Waals surface area contributed by atoms with Crippen molar-refractivity contribution in [3.8, 4) is 5.82 Å². The zero-order chi connectivity index (χ0) is 21.2. The van der Waals surface area contributed by atoms with Gasteiger partial charge in [-0.05, 0) is 40.6 Å². The summed E-state index contributed by atoms with van der Waals surface area (Å²) < 4.78 is 66.9. The van der Waals surface area contributed by atoms with Gasteiger partial charge in [0.2, 0.25) is 0 Å². The van der Waals surface area contributed by atoms with E-state index in [1.165, 1.54) is 0 Å². The van der Waals surface area contributed by atoms with Crippen molar-refractivity contribution in [3.63, 3.8) is 0 Å². The highest BCUT2D eigenvalue weighted by molar-refractivity contribution is 6.61. The molecule has 3 rings (SSSR count). The maximum Gasteiger partial charge on any atom is 0.516 e. The molecule has 7 heteroatoms. The number of aryl methyl sites for hydroxylation is 1. The molecule has 0 bridgehead atoms. The lowest BCUT2D eigenvalue weighted by Crippen LogP contribution is -2.41. The third-order valence-electron chi connectivity index (χ3n) is 3.71. The average Bonchev–Trinajstić information content (AvgIpc) is 2.92. The summed E-state index contributed by atoms with van der Waals surface area (Å²) in [4.78, 5) is 7.41. The summed E-state index contributed by atoms with van der Waals surface area (Å²) in [7, 11) is -1.01. The Morgan fingerprint density at radius 3 is 2.62 bits per heavy atom. The molecule has 0 unspecified atom stereocenters. The van der Waals surface area contributed by atoms with Crippen LogP contribution < -0.4 is 5.59 Å². The summed E-state index contributed by atoms with van der Waals surface area (Å²) in [6, 6.07) is -0.301. The van der Waals surface area contributed by atoms with Gasteiger partial charge in [-0.1, -0.05) is 0 Å². The molecule has 1 aliphatic rings. The van der Waals surface area contributed by atoms with E-state index in [2.05, 4.69) is 15.1 Å². The molecule has 0 atom stereocenters. The first-order valence-electron chi connectivity index (χ1n) is 9.93. The third kappa shape index (κ3) is 2.47. The van der Waals surface area contributed by atoms with Gasteiger partial charge in [-0.3, -0.25) is 4.98 Å². The first kappa shape index (κ1) is 8.05. The molecule has 0 N–H and O–H groups in total. The summed E-state index contributed by atoms with van der Waals surface area (Å²) in [6.07, 6.45) is -1.61. The molecule has 2 aromatic heterocycles. The number of hydrogen-bond donors (Lipinski definition) is 0. The molecule has 6 nitrogen and oxygen atoms in total. The highest BCUT2D eigenvalue weighted by Gasteiger charge is 2.52. The zero-order valence-electron chi connectivity index (χ0n) is 19.2. The van der Waals surface area contributed by atoms with Crippen LogP contribution in [0.2, 0.25) is 0 Å². The maximum absolute atomic E-state index is 8.19. The second-order valence-corrected chi connectivity index (χ2v) is 5.74. The molecule has 0 radical (unpaired) electrons. The van der Waals surface area contributed by atoms with Crippen LogP contribution in [0.15, 0.2) is 24.6 Å². The van der Waals surface area contributed by atoms with Gasteiger partial charge in [0.15, 0.2) is 5.82 Å². The van der Waals surface area contributed by atoms with Crippen molar-refractivity contribution < 1.29 is 18.9 Å². The van der Waals surface area contributed by atoms with Crippen molar-refractivity contribution in [3.05, 3.63) is 30.3 Å². The first-order chi connectivity index (χ1) is 12.7. The van der Waals surface area contributed by atoms with Crippen LogP contribution in [0.25, 0.3) is 5.82 Å². The SMILES string of the molecule is [2H]c1nc([2H])c(C([2H])([2H])[2H])nc1-n1nc(B2OC(C)(C)C(C)(C)O2)c([2H])c1[2H]. The fourth-order valence-electron chi connectivity index (χ4n) is 1.81. The van der Waals surface area contributed by atoms with E-state index in [1.54, 1.807) is 0 Å². The fourth-order valence-corrected chi connectivity index (χ4v) is 1.81. The summed E-state index contributed by atoms with van der Waals surface area (Å²) in [6.45, 7) is 4.60. The zero-order valence-corrected chi connectivity index (χ0v) is 12.2. The number of rotatable bonds is 2. The van der Waals surface area contributed by atoms with Gasteiger partial charge in [-0.2, -0.15) is 5.10 Å². The largest absolute Gasteiger partial charge is 0.516 e.